The predicted molar refractivity (Wildman–Crippen MR) is 55.9 cm³/mol. The van der Waals surface area contributed by atoms with E-state index in [0.29, 0.717) is 6.42 Å². The number of methoxy groups -OCH3 is 1. The van der Waals surface area contributed by atoms with Crippen molar-refractivity contribution in [3.8, 4) is 0 Å². The van der Waals surface area contributed by atoms with Crippen LogP contribution in [0.2, 0.25) is 0 Å². The predicted octanol–water partition coefficient (Wildman–Crippen LogP) is -4.85. The number of hydrogen-bond donors (Lipinski definition) is 2. The molecule has 18 heavy (non-hydrogen) atoms. The number of ether oxygens (including phenoxy) is 2. The third-order valence-corrected chi connectivity index (χ3v) is 3.40. The second kappa shape index (κ2) is 8.47. The Bertz CT molecular complexity index is 260. The van der Waals surface area contributed by atoms with Gasteiger partial charge < -0.3 is 29.6 Å². The number of carboxylic acid groups (broad SMARTS) is 1. The fourth-order valence-corrected chi connectivity index (χ4v) is 2.21. The van der Waals surface area contributed by atoms with Crippen molar-refractivity contribution in [3.63, 3.8) is 0 Å². The van der Waals surface area contributed by atoms with E-state index >= 15 is 0 Å². The first-order chi connectivity index (χ1) is 7.97. The molecule has 1 fully saturated rings. The quantitative estimate of drug-likeness (QED) is 0.486. The minimum atomic E-state index is -1.27. The second-order valence-electron chi connectivity index (χ2n) is 4.50. The molecule has 0 saturated heterocycles. The van der Waals surface area contributed by atoms with Crippen molar-refractivity contribution >= 4 is 5.97 Å². The molecule has 0 radical (unpaired) electrons. The van der Waals surface area contributed by atoms with Gasteiger partial charge in [-0.2, -0.15) is 0 Å². The third-order valence-electron chi connectivity index (χ3n) is 3.40. The number of carbonyl (C=O) groups excluding carboxylic acids is 1. The number of aliphatic carboxylic acids is 1. The average Bonchev–Trinajstić information content (AvgIpc) is 2.29. The molecule has 0 aliphatic heterocycles. The Morgan fingerprint density at radius 2 is 2.00 bits per heavy atom. The van der Waals surface area contributed by atoms with Gasteiger partial charge in [0.1, 0.15) is 6.10 Å². The van der Waals surface area contributed by atoms with Crippen LogP contribution in [0.3, 0.4) is 0 Å². The molecule has 3 unspecified atom stereocenters. The fraction of sp³-hybridized carbons (Fsp3) is 0.909. The Labute approximate surface area is 129 Å². The average molecular weight is 270 g/mol. The number of hydrogen-bond acceptors (Lipinski definition) is 6. The number of rotatable bonds is 5. The first kappa shape index (κ1) is 18.3. The van der Waals surface area contributed by atoms with Crippen LogP contribution in [0.1, 0.15) is 13.3 Å². The van der Waals surface area contributed by atoms with E-state index in [9.17, 15) is 20.1 Å². The molecule has 0 aromatic heterocycles. The van der Waals surface area contributed by atoms with Crippen LogP contribution in [0.25, 0.3) is 0 Å². The van der Waals surface area contributed by atoms with Crippen molar-refractivity contribution in [1.29, 1.82) is 0 Å². The van der Waals surface area contributed by atoms with Gasteiger partial charge in [-0.05, 0) is 18.3 Å². The summed E-state index contributed by atoms with van der Waals surface area (Å²) in [6.07, 6.45) is -1.71. The van der Waals surface area contributed by atoms with Crippen LogP contribution in [0.15, 0.2) is 0 Å². The Hall–Kier alpha value is 0.310. The Balaban J connectivity index is 0.00000289. The van der Waals surface area contributed by atoms with Crippen molar-refractivity contribution in [2.24, 2.45) is 11.8 Å². The van der Waals surface area contributed by atoms with Crippen LogP contribution in [-0.2, 0) is 14.3 Å². The third kappa shape index (κ3) is 4.77. The van der Waals surface area contributed by atoms with Crippen LogP contribution in [0.4, 0.5) is 0 Å². The molecular weight excluding hydrogens is 251 g/mol. The summed E-state index contributed by atoms with van der Waals surface area (Å²) in [6, 6.07) is 0. The molecule has 0 aromatic carbocycles. The topological polar surface area (TPSA) is 99.1 Å². The van der Waals surface area contributed by atoms with Gasteiger partial charge in [0, 0.05) is 7.11 Å². The minimum Gasteiger partial charge on any atom is -0.548 e. The molecule has 0 spiro atoms. The van der Waals surface area contributed by atoms with Gasteiger partial charge in [0.05, 0.1) is 31.4 Å². The molecule has 1 aliphatic rings. The zero-order valence-electron chi connectivity index (χ0n) is 11.0. The van der Waals surface area contributed by atoms with Crippen LogP contribution in [-0.4, -0.2) is 54.8 Å². The Morgan fingerprint density at radius 3 is 2.50 bits per heavy atom. The summed E-state index contributed by atoms with van der Waals surface area (Å²) in [6.45, 7) is 1.55. The summed E-state index contributed by atoms with van der Waals surface area (Å²) in [5, 5.41) is 29.7. The SMILES string of the molecule is CO[C@H]1CC(COCC(=O)[O-])C(C)[C@H](O)C1O.[Na+]. The van der Waals surface area contributed by atoms with Crippen molar-refractivity contribution in [3.05, 3.63) is 0 Å². The number of carbonyl (C=O) groups is 1. The van der Waals surface area contributed by atoms with Gasteiger partial charge >= 0.3 is 29.6 Å². The van der Waals surface area contributed by atoms with E-state index in [0.717, 1.165) is 0 Å². The first-order valence-corrected chi connectivity index (χ1v) is 5.63. The van der Waals surface area contributed by atoms with Gasteiger partial charge in [0.15, 0.2) is 0 Å². The summed E-state index contributed by atoms with van der Waals surface area (Å²) in [4.78, 5) is 10.2. The van der Waals surface area contributed by atoms with E-state index < -0.39 is 30.9 Å². The molecule has 5 atom stereocenters. The molecule has 0 heterocycles. The standard InChI is InChI=1S/C11H20O6.Na/c1-6-7(4-17-5-9(12)13)3-8(16-2)11(15)10(6)14;/h6-8,10-11,14-15H,3-5H2,1-2H3,(H,12,13);/q;+1/p-1/t6?,7?,8-,10-,11?;/m0./s1. The van der Waals surface area contributed by atoms with Gasteiger partial charge in [0.25, 0.3) is 0 Å². The Kier molecular flexibility index (Phi) is 8.62. The van der Waals surface area contributed by atoms with Gasteiger partial charge in [-0.3, -0.25) is 0 Å². The maximum absolute atomic E-state index is 10.2. The van der Waals surface area contributed by atoms with Crippen molar-refractivity contribution in [1.82, 2.24) is 0 Å². The van der Waals surface area contributed by atoms with Crippen LogP contribution < -0.4 is 34.7 Å². The zero-order chi connectivity index (χ0) is 13.0. The molecule has 0 bridgehead atoms. The molecule has 1 saturated carbocycles. The van der Waals surface area contributed by atoms with E-state index in [1.165, 1.54) is 7.11 Å². The number of aliphatic hydroxyl groups is 2. The summed E-state index contributed by atoms with van der Waals surface area (Å²) in [7, 11) is 1.47. The zero-order valence-corrected chi connectivity index (χ0v) is 13.0. The summed E-state index contributed by atoms with van der Waals surface area (Å²) >= 11 is 0. The molecule has 1 rings (SSSR count). The number of carboxylic acids is 1. The molecular formula is C11H19NaO6. The molecule has 1 aliphatic carbocycles. The van der Waals surface area contributed by atoms with Crippen molar-refractivity contribution < 1.29 is 59.1 Å². The van der Waals surface area contributed by atoms with E-state index in [-0.39, 0.29) is 48.0 Å². The van der Waals surface area contributed by atoms with E-state index in [4.69, 9.17) is 9.47 Å². The van der Waals surface area contributed by atoms with Crippen LogP contribution in [0, 0.1) is 11.8 Å². The van der Waals surface area contributed by atoms with E-state index in [1.54, 1.807) is 6.92 Å². The van der Waals surface area contributed by atoms with Crippen LogP contribution in [0.5, 0.6) is 0 Å². The van der Waals surface area contributed by atoms with Gasteiger partial charge in [0.2, 0.25) is 0 Å². The molecule has 2 N–H and O–H groups in total. The fourth-order valence-electron chi connectivity index (χ4n) is 2.21. The van der Waals surface area contributed by atoms with E-state index in [1.807, 2.05) is 0 Å². The van der Waals surface area contributed by atoms with Crippen molar-refractivity contribution in [2.75, 3.05) is 20.3 Å². The Morgan fingerprint density at radius 1 is 1.39 bits per heavy atom. The van der Waals surface area contributed by atoms with E-state index in [2.05, 4.69) is 0 Å². The molecule has 7 heteroatoms. The van der Waals surface area contributed by atoms with Crippen molar-refractivity contribution in [2.45, 2.75) is 31.7 Å². The second-order valence-corrected chi connectivity index (χ2v) is 4.50. The monoisotopic (exact) mass is 270 g/mol. The summed E-state index contributed by atoms with van der Waals surface area (Å²) in [5.41, 5.74) is 0. The summed E-state index contributed by atoms with van der Waals surface area (Å²) in [5.74, 6) is -1.48. The molecule has 6 nitrogen and oxygen atoms in total. The van der Waals surface area contributed by atoms with Gasteiger partial charge in [-0.1, -0.05) is 6.92 Å². The van der Waals surface area contributed by atoms with Crippen LogP contribution >= 0.6 is 0 Å². The smallest absolute Gasteiger partial charge is 0.548 e. The maximum atomic E-state index is 10.2. The normalized spacial score (nSPS) is 35.9. The van der Waals surface area contributed by atoms with Gasteiger partial charge in [-0.15, -0.1) is 0 Å². The molecule has 0 amide bonds. The largest absolute Gasteiger partial charge is 1.00 e. The minimum absolute atomic E-state index is 0. The molecule has 0 aromatic rings. The molecule has 100 valence electrons. The maximum Gasteiger partial charge on any atom is 1.00 e. The first-order valence-electron chi connectivity index (χ1n) is 5.63. The van der Waals surface area contributed by atoms with Gasteiger partial charge in [-0.25, -0.2) is 0 Å². The number of aliphatic hydroxyl groups excluding tert-OH is 2. The summed E-state index contributed by atoms with van der Waals surface area (Å²) < 4.78 is 10.1.